The lowest BCUT2D eigenvalue weighted by Gasteiger charge is -2.12. The molecule has 0 bridgehead atoms. The first-order valence-electron chi connectivity index (χ1n) is 7.62. The number of methoxy groups -OCH3 is 2. The lowest BCUT2D eigenvalue weighted by molar-refractivity contribution is -0.137. The fraction of sp³-hybridized carbons (Fsp3) is 0.167. The van der Waals surface area contributed by atoms with E-state index in [-0.39, 0.29) is 11.5 Å². The van der Waals surface area contributed by atoms with Gasteiger partial charge < -0.3 is 13.7 Å². The number of alkyl halides is 3. The first-order chi connectivity index (χ1) is 13.1. The molecule has 28 heavy (non-hydrogen) atoms. The Morgan fingerprint density at radius 3 is 2.18 bits per heavy atom. The van der Waals surface area contributed by atoms with Crippen LogP contribution in [0.1, 0.15) is 11.1 Å². The molecule has 2 aromatic rings. The van der Waals surface area contributed by atoms with Crippen LogP contribution < -0.4 is 8.92 Å². The van der Waals surface area contributed by atoms with E-state index in [0.717, 1.165) is 18.2 Å². The number of ether oxygens (including phenoxy) is 2. The lowest BCUT2D eigenvalue weighted by atomic mass is 10.2. The van der Waals surface area contributed by atoms with Gasteiger partial charge in [0.25, 0.3) is 0 Å². The van der Waals surface area contributed by atoms with E-state index in [1.54, 1.807) is 0 Å². The number of carbonyl (C=O) groups is 1. The number of halogens is 3. The molecule has 0 atom stereocenters. The minimum absolute atomic E-state index is 0.0440. The summed E-state index contributed by atoms with van der Waals surface area (Å²) in [6.07, 6.45) is -2.00. The summed E-state index contributed by atoms with van der Waals surface area (Å²) in [7, 11) is -1.89. The molecule has 0 N–H and O–H groups in total. The van der Waals surface area contributed by atoms with Gasteiger partial charge >= 0.3 is 22.3 Å². The van der Waals surface area contributed by atoms with Crippen LogP contribution >= 0.6 is 0 Å². The second-order valence-electron chi connectivity index (χ2n) is 5.33. The summed E-state index contributed by atoms with van der Waals surface area (Å²) >= 11 is 0. The zero-order valence-corrected chi connectivity index (χ0v) is 15.5. The zero-order valence-electron chi connectivity index (χ0n) is 14.7. The monoisotopic (exact) mass is 416 g/mol. The van der Waals surface area contributed by atoms with Crippen molar-refractivity contribution in [1.82, 2.24) is 0 Å². The molecule has 0 heterocycles. The Morgan fingerprint density at radius 2 is 1.64 bits per heavy atom. The summed E-state index contributed by atoms with van der Waals surface area (Å²) in [5.41, 5.74) is -0.479. The highest BCUT2D eigenvalue weighted by Gasteiger charge is 2.31. The Labute approximate surface area is 159 Å². The maximum atomic E-state index is 12.6. The van der Waals surface area contributed by atoms with E-state index >= 15 is 0 Å². The van der Waals surface area contributed by atoms with E-state index in [1.807, 2.05) is 0 Å². The molecule has 0 fully saturated rings. The summed E-state index contributed by atoms with van der Waals surface area (Å²) < 4.78 is 77.0. The van der Waals surface area contributed by atoms with Gasteiger partial charge in [-0.2, -0.15) is 21.6 Å². The molecule has 0 aliphatic rings. The highest BCUT2D eigenvalue weighted by Crippen LogP contribution is 2.33. The molecule has 2 rings (SSSR count). The van der Waals surface area contributed by atoms with Crippen LogP contribution in [0.3, 0.4) is 0 Å². The standard InChI is InChI=1S/C18H15F3O6S/c1-25-16-11-12(4-10-17(22)26-2)3-9-15(16)27-28(23,24)14-7-5-13(6-8-14)18(19,20)21/h3-11H,1-2H3/b10-4+. The molecule has 10 heteroatoms. The minimum Gasteiger partial charge on any atom is -0.493 e. The number of hydrogen-bond donors (Lipinski definition) is 0. The van der Waals surface area contributed by atoms with Crippen molar-refractivity contribution >= 4 is 22.2 Å². The maximum Gasteiger partial charge on any atom is 0.416 e. The molecule has 150 valence electrons. The highest BCUT2D eigenvalue weighted by atomic mass is 32.2. The molecule has 0 unspecified atom stereocenters. The first-order valence-corrected chi connectivity index (χ1v) is 9.03. The van der Waals surface area contributed by atoms with E-state index in [2.05, 4.69) is 4.74 Å². The summed E-state index contributed by atoms with van der Waals surface area (Å²) in [5, 5.41) is 0. The Morgan fingerprint density at radius 1 is 1.00 bits per heavy atom. The molecule has 0 saturated carbocycles. The van der Waals surface area contributed by atoms with Gasteiger partial charge in [-0.15, -0.1) is 0 Å². The van der Waals surface area contributed by atoms with Gasteiger partial charge in [0.1, 0.15) is 4.90 Å². The smallest absolute Gasteiger partial charge is 0.416 e. The SMILES string of the molecule is COC(=O)/C=C/c1ccc(OS(=O)(=O)c2ccc(C(F)(F)F)cc2)c(OC)c1. The molecule has 0 radical (unpaired) electrons. The topological polar surface area (TPSA) is 78.9 Å². The van der Waals surface area contributed by atoms with Crippen molar-refractivity contribution in [2.45, 2.75) is 11.1 Å². The van der Waals surface area contributed by atoms with Crippen LogP contribution in [0, 0.1) is 0 Å². The third-order valence-electron chi connectivity index (χ3n) is 3.47. The van der Waals surface area contributed by atoms with Gasteiger partial charge in [-0.05, 0) is 48.0 Å². The highest BCUT2D eigenvalue weighted by molar-refractivity contribution is 7.87. The molecule has 0 aliphatic heterocycles. The number of esters is 1. The van der Waals surface area contributed by atoms with Gasteiger partial charge in [0.15, 0.2) is 11.5 Å². The van der Waals surface area contributed by atoms with Crippen molar-refractivity contribution in [2.75, 3.05) is 14.2 Å². The number of hydrogen-bond acceptors (Lipinski definition) is 6. The van der Waals surface area contributed by atoms with Crippen LogP contribution in [0.25, 0.3) is 6.08 Å². The predicted octanol–water partition coefficient (Wildman–Crippen LogP) is 3.67. The molecule has 0 saturated heterocycles. The number of carbonyl (C=O) groups excluding carboxylic acids is 1. The van der Waals surface area contributed by atoms with Crippen molar-refractivity contribution < 1.29 is 40.0 Å². The fourth-order valence-electron chi connectivity index (χ4n) is 2.07. The molecular formula is C18H15F3O6S. The van der Waals surface area contributed by atoms with E-state index in [4.69, 9.17) is 8.92 Å². The normalized spacial score (nSPS) is 12.0. The Bertz CT molecular complexity index is 979. The zero-order chi connectivity index (χ0) is 20.9. The average Bonchev–Trinajstić information content (AvgIpc) is 2.66. The number of benzene rings is 2. The summed E-state index contributed by atoms with van der Waals surface area (Å²) in [5.74, 6) is -0.704. The van der Waals surface area contributed by atoms with Crippen molar-refractivity contribution in [2.24, 2.45) is 0 Å². The van der Waals surface area contributed by atoms with Gasteiger partial charge in [-0.1, -0.05) is 6.07 Å². The molecule has 0 aromatic heterocycles. The third kappa shape index (κ3) is 5.26. The van der Waals surface area contributed by atoms with Crippen molar-refractivity contribution in [3.05, 3.63) is 59.7 Å². The maximum absolute atomic E-state index is 12.6. The first kappa shape index (κ1) is 21.3. The second-order valence-corrected chi connectivity index (χ2v) is 6.87. The van der Waals surface area contributed by atoms with Gasteiger partial charge in [0, 0.05) is 6.08 Å². The van der Waals surface area contributed by atoms with Crippen molar-refractivity contribution in [3.63, 3.8) is 0 Å². The van der Waals surface area contributed by atoms with Crippen LogP contribution in [0.2, 0.25) is 0 Å². The molecule has 2 aromatic carbocycles. The fourth-order valence-corrected chi connectivity index (χ4v) is 3.01. The predicted molar refractivity (Wildman–Crippen MR) is 93.3 cm³/mol. The van der Waals surface area contributed by atoms with Crippen molar-refractivity contribution in [1.29, 1.82) is 0 Å². The van der Waals surface area contributed by atoms with E-state index in [9.17, 15) is 26.4 Å². The Hall–Kier alpha value is -3.01. The van der Waals surface area contributed by atoms with Gasteiger partial charge in [0.2, 0.25) is 0 Å². The minimum atomic E-state index is -4.58. The lowest BCUT2D eigenvalue weighted by Crippen LogP contribution is -2.11. The Balaban J connectivity index is 2.28. The van der Waals surface area contributed by atoms with Crippen LogP contribution in [-0.2, 0) is 25.8 Å². The van der Waals surface area contributed by atoms with Crippen molar-refractivity contribution in [3.8, 4) is 11.5 Å². The molecule has 0 spiro atoms. The van der Waals surface area contributed by atoms with E-state index < -0.39 is 32.7 Å². The van der Waals surface area contributed by atoms with Crippen LogP contribution in [-0.4, -0.2) is 28.6 Å². The average molecular weight is 416 g/mol. The third-order valence-corrected chi connectivity index (χ3v) is 4.72. The second kappa shape index (κ2) is 8.34. The number of rotatable bonds is 6. The summed E-state index contributed by atoms with van der Waals surface area (Å²) in [4.78, 5) is 10.7. The largest absolute Gasteiger partial charge is 0.493 e. The van der Waals surface area contributed by atoms with Crippen LogP contribution in [0.5, 0.6) is 11.5 Å². The Kier molecular flexibility index (Phi) is 6.34. The summed E-state index contributed by atoms with van der Waals surface area (Å²) in [6.45, 7) is 0. The van der Waals surface area contributed by atoms with Gasteiger partial charge in [0.05, 0.1) is 19.8 Å². The van der Waals surface area contributed by atoms with E-state index in [0.29, 0.717) is 17.7 Å². The van der Waals surface area contributed by atoms with Crippen LogP contribution in [0.4, 0.5) is 13.2 Å². The molecular weight excluding hydrogens is 401 g/mol. The van der Waals surface area contributed by atoms with Gasteiger partial charge in [-0.25, -0.2) is 4.79 Å². The quantitative estimate of drug-likeness (QED) is 0.406. The van der Waals surface area contributed by atoms with E-state index in [1.165, 1.54) is 38.5 Å². The molecule has 0 aliphatic carbocycles. The molecule has 6 nitrogen and oxygen atoms in total. The summed E-state index contributed by atoms with van der Waals surface area (Å²) in [6, 6.07) is 7.06. The van der Waals surface area contributed by atoms with Gasteiger partial charge in [-0.3, -0.25) is 0 Å². The molecule has 0 amide bonds. The van der Waals surface area contributed by atoms with Crippen LogP contribution in [0.15, 0.2) is 53.4 Å².